The molecule has 37 heavy (non-hydrogen) atoms. The van der Waals surface area contributed by atoms with Crippen LogP contribution in [-0.2, 0) is 14.9 Å². The number of rotatable bonds is 10. The monoisotopic (exact) mass is 498 g/mol. The molecule has 1 aliphatic rings. The van der Waals surface area contributed by atoms with Crippen LogP contribution in [-0.4, -0.2) is 49.7 Å². The highest BCUT2D eigenvalue weighted by Gasteiger charge is 2.40. The number of anilines is 1. The lowest BCUT2D eigenvalue weighted by Crippen LogP contribution is -2.47. The first kappa shape index (κ1) is 26.9. The van der Waals surface area contributed by atoms with Gasteiger partial charge in [0.05, 0.1) is 11.5 Å². The highest BCUT2D eigenvalue weighted by molar-refractivity contribution is 5.83. The number of benzene rings is 3. The number of piperazine rings is 1. The van der Waals surface area contributed by atoms with Crippen LogP contribution in [0.25, 0.3) is 11.1 Å². The Bertz CT molecular complexity index is 1120. The fraction of sp³-hybridized carbons (Fsp3) is 0.424. The summed E-state index contributed by atoms with van der Waals surface area (Å²) in [6.07, 6.45) is 2.41. The number of aryl methyl sites for hydroxylation is 1. The molecule has 0 spiro atoms. The molecular weight excluding hydrogens is 456 g/mol. The maximum atomic E-state index is 13.3. The van der Waals surface area contributed by atoms with Gasteiger partial charge in [0.15, 0.2) is 0 Å². The molecule has 4 nitrogen and oxygen atoms in total. The molecule has 0 N–H and O–H groups in total. The molecule has 1 aliphatic heterocycles. The molecule has 1 saturated heterocycles. The van der Waals surface area contributed by atoms with Crippen molar-refractivity contribution in [1.82, 2.24) is 4.90 Å². The van der Waals surface area contributed by atoms with Crippen molar-refractivity contribution in [3.8, 4) is 11.1 Å². The highest BCUT2D eigenvalue weighted by atomic mass is 16.5. The largest absolute Gasteiger partial charge is 0.462 e. The minimum Gasteiger partial charge on any atom is -0.462 e. The molecule has 1 unspecified atom stereocenters. The Kier molecular flexibility index (Phi) is 9.04. The van der Waals surface area contributed by atoms with E-state index in [1.54, 1.807) is 0 Å². The second-order valence-corrected chi connectivity index (χ2v) is 10.6. The Balaban J connectivity index is 1.32. The molecule has 4 heteroatoms. The van der Waals surface area contributed by atoms with E-state index >= 15 is 0 Å². The van der Waals surface area contributed by atoms with Crippen molar-refractivity contribution in [3.05, 3.63) is 90.0 Å². The van der Waals surface area contributed by atoms with Crippen LogP contribution in [0, 0.1) is 6.92 Å². The smallest absolute Gasteiger partial charge is 0.316 e. The second-order valence-electron chi connectivity index (χ2n) is 10.6. The molecule has 0 radical (unpaired) electrons. The van der Waals surface area contributed by atoms with Crippen LogP contribution in [0.2, 0.25) is 0 Å². The van der Waals surface area contributed by atoms with E-state index in [2.05, 4.69) is 84.3 Å². The zero-order chi connectivity index (χ0) is 26.3. The van der Waals surface area contributed by atoms with Crippen LogP contribution >= 0.6 is 0 Å². The highest BCUT2D eigenvalue weighted by Crippen LogP contribution is 2.35. The summed E-state index contributed by atoms with van der Waals surface area (Å²) < 4.78 is 5.75. The van der Waals surface area contributed by atoms with E-state index in [4.69, 9.17) is 4.74 Å². The average Bonchev–Trinajstić information content (AvgIpc) is 2.92. The molecular formula is C33H42N2O2. The number of nitrogens with zero attached hydrogens (tertiary/aromatic N) is 2. The molecule has 0 saturated carbocycles. The summed E-state index contributed by atoms with van der Waals surface area (Å²) in [5.74, 6) is -0.0879. The summed E-state index contributed by atoms with van der Waals surface area (Å²) in [4.78, 5) is 18.3. The topological polar surface area (TPSA) is 32.8 Å². The lowest BCUT2D eigenvalue weighted by molar-refractivity contribution is -0.155. The summed E-state index contributed by atoms with van der Waals surface area (Å²) in [6.45, 7) is 13.2. The molecule has 3 aromatic carbocycles. The number of ether oxygens (including phenoxy) is 1. The zero-order valence-electron chi connectivity index (χ0n) is 23.0. The van der Waals surface area contributed by atoms with Gasteiger partial charge in [0.2, 0.25) is 0 Å². The summed E-state index contributed by atoms with van der Waals surface area (Å²) in [6, 6.07) is 27.9. The number of hydrogen-bond acceptors (Lipinski definition) is 4. The first-order chi connectivity index (χ1) is 17.9. The van der Waals surface area contributed by atoms with Gasteiger partial charge < -0.3 is 9.64 Å². The van der Waals surface area contributed by atoms with Crippen molar-refractivity contribution in [1.29, 1.82) is 0 Å². The molecule has 0 aromatic heterocycles. The van der Waals surface area contributed by atoms with E-state index in [1.165, 1.54) is 22.4 Å². The van der Waals surface area contributed by atoms with Crippen molar-refractivity contribution in [2.24, 2.45) is 0 Å². The molecule has 1 fully saturated rings. The van der Waals surface area contributed by atoms with E-state index < -0.39 is 5.41 Å². The molecule has 0 aliphatic carbocycles. The Hall–Kier alpha value is -3.11. The number of esters is 1. The average molecular weight is 499 g/mol. The molecule has 1 atom stereocenters. The van der Waals surface area contributed by atoms with Crippen LogP contribution in [0.5, 0.6) is 0 Å². The van der Waals surface area contributed by atoms with Gasteiger partial charge in [0.25, 0.3) is 0 Å². The number of carbonyl (C=O) groups is 1. The summed E-state index contributed by atoms with van der Waals surface area (Å²) in [7, 11) is 0. The standard InChI is InChI=1S/C33H42N2O2/c1-5-33(32(36)37-26(2)3,30-10-7-6-8-11-30)20-9-21-34-22-24-35(25-23-34)31-18-16-29(17-19-31)28-14-12-27(4)13-15-28/h6-8,10-19,26H,5,9,20-25H2,1-4H3. The summed E-state index contributed by atoms with van der Waals surface area (Å²) in [5.41, 5.74) is 5.60. The van der Waals surface area contributed by atoms with Gasteiger partial charge in [-0.25, -0.2) is 0 Å². The third kappa shape index (κ3) is 6.61. The minimum atomic E-state index is -0.577. The van der Waals surface area contributed by atoms with E-state index in [0.717, 1.165) is 57.5 Å². The van der Waals surface area contributed by atoms with Gasteiger partial charge in [-0.3, -0.25) is 9.69 Å². The van der Waals surface area contributed by atoms with Crippen LogP contribution in [0.3, 0.4) is 0 Å². The van der Waals surface area contributed by atoms with E-state index in [-0.39, 0.29) is 12.1 Å². The number of hydrogen-bond donors (Lipinski definition) is 0. The Morgan fingerprint density at radius 3 is 2.03 bits per heavy atom. The normalized spacial score (nSPS) is 16.0. The fourth-order valence-corrected chi connectivity index (χ4v) is 5.42. The van der Waals surface area contributed by atoms with Gasteiger partial charge in [0, 0.05) is 31.9 Å². The fourth-order valence-electron chi connectivity index (χ4n) is 5.42. The van der Waals surface area contributed by atoms with Crippen molar-refractivity contribution >= 4 is 11.7 Å². The van der Waals surface area contributed by atoms with E-state index in [9.17, 15) is 4.79 Å². The molecule has 1 heterocycles. The summed E-state index contributed by atoms with van der Waals surface area (Å²) in [5, 5.41) is 0. The SMILES string of the molecule is CCC(CCCN1CCN(c2ccc(-c3ccc(C)cc3)cc2)CC1)(C(=O)OC(C)C)c1ccccc1. The molecule has 0 amide bonds. The van der Waals surface area contributed by atoms with E-state index in [0.29, 0.717) is 0 Å². The first-order valence-corrected chi connectivity index (χ1v) is 13.8. The van der Waals surface area contributed by atoms with Crippen molar-refractivity contribution in [2.45, 2.75) is 58.5 Å². The van der Waals surface area contributed by atoms with Gasteiger partial charge in [-0.1, -0.05) is 79.2 Å². The van der Waals surface area contributed by atoms with Crippen LogP contribution in [0.1, 0.15) is 51.2 Å². The minimum absolute atomic E-state index is 0.0879. The lowest BCUT2D eigenvalue weighted by Gasteiger charge is -2.37. The Morgan fingerprint density at radius 1 is 0.865 bits per heavy atom. The van der Waals surface area contributed by atoms with Crippen molar-refractivity contribution in [3.63, 3.8) is 0 Å². The van der Waals surface area contributed by atoms with Gasteiger partial charge in [-0.15, -0.1) is 0 Å². The summed E-state index contributed by atoms with van der Waals surface area (Å²) >= 11 is 0. The maximum absolute atomic E-state index is 13.3. The van der Waals surface area contributed by atoms with Crippen LogP contribution < -0.4 is 4.90 Å². The quantitative estimate of drug-likeness (QED) is 0.286. The maximum Gasteiger partial charge on any atom is 0.316 e. The molecule has 196 valence electrons. The zero-order valence-corrected chi connectivity index (χ0v) is 23.0. The van der Waals surface area contributed by atoms with Crippen molar-refractivity contribution < 1.29 is 9.53 Å². The van der Waals surface area contributed by atoms with Crippen LogP contribution in [0.4, 0.5) is 5.69 Å². The molecule has 4 rings (SSSR count). The predicted molar refractivity (Wildman–Crippen MR) is 154 cm³/mol. The predicted octanol–water partition coefficient (Wildman–Crippen LogP) is 6.86. The van der Waals surface area contributed by atoms with Gasteiger partial charge in [-0.05, 0) is 75.4 Å². The Labute approximate surface area is 223 Å². The Morgan fingerprint density at radius 2 is 1.46 bits per heavy atom. The first-order valence-electron chi connectivity index (χ1n) is 13.8. The third-order valence-electron chi connectivity index (χ3n) is 7.73. The van der Waals surface area contributed by atoms with E-state index in [1.807, 2.05) is 32.0 Å². The molecule has 3 aromatic rings. The second kappa shape index (κ2) is 12.4. The van der Waals surface area contributed by atoms with Crippen LogP contribution in [0.15, 0.2) is 78.9 Å². The molecule has 0 bridgehead atoms. The number of carbonyl (C=O) groups excluding carboxylic acids is 1. The van der Waals surface area contributed by atoms with Crippen molar-refractivity contribution in [2.75, 3.05) is 37.6 Å². The third-order valence-corrected chi connectivity index (χ3v) is 7.73. The lowest BCUT2D eigenvalue weighted by atomic mass is 9.74. The van der Waals surface area contributed by atoms with Gasteiger partial charge in [-0.2, -0.15) is 0 Å². The van der Waals surface area contributed by atoms with Gasteiger partial charge in [0.1, 0.15) is 0 Å². The van der Waals surface area contributed by atoms with Gasteiger partial charge >= 0.3 is 5.97 Å².